The molecule has 0 bridgehead atoms. The maximum absolute atomic E-state index is 5.46. The van der Waals surface area contributed by atoms with Crippen molar-refractivity contribution in [1.29, 1.82) is 0 Å². The first kappa shape index (κ1) is 82.9. The molecule has 0 saturated heterocycles. The number of rotatable bonds is 15. The number of aromatic amines is 5. The summed E-state index contributed by atoms with van der Waals surface area (Å²) in [5.41, 5.74) is 40.1. The van der Waals surface area contributed by atoms with E-state index >= 15 is 0 Å². The monoisotopic (exact) mass is 1750 g/mol. The van der Waals surface area contributed by atoms with E-state index in [4.69, 9.17) is 52.6 Å². The maximum Gasteiger partial charge on any atom is 0.141 e. The highest BCUT2D eigenvalue weighted by Crippen LogP contribution is 2.48. The smallest absolute Gasteiger partial charge is 0.141 e. The Kier molecular flexibility index (Phi) is 20.2. The summed E-state index contributed by atoms with van der Waals surface area (Å²) in [6, 6.07) is 43.1. The van der Waals surface area contributed by atoms with Crippen molar-refractivity contribution >= 4 is 66.1 Å². The lowest BCUT2D eigenvalue weighted by molar-refractivity contribution is 0.393. The van der Waals surface area contributed by atoms with E-state index in [2.05, 4.69) is 243 Å². The maximum atomic E-state index is 5.46. The number of benzene rings is 6. The lowest BCUT2D eigenvalue weighted by atomic mass is 10.0. The van der Waals surface area contributed by atoms with Crippen molar-refractivity contribution < 1.29 is 22.6 Å². The molecule has 5 aliphatic rings. The van der Waals surface area contributed by atoms with Crippen LogP contribution in [-0.4, -0.2) is 109 Å². The molecule has 666 valence electrons. The Balaban J connectivity index is 0.0000000965. The third-order valence-corrected chi connectivity index (χ3v) is 26.8. The molecule has 26 rings (SSSR count). The minimum atomic E-state index is 0.568. The third-order valence-electron chi connectivity index (χ3n) is 26.8. The van der Waals surface area contributed by atoms with Gasteiger partial charge in [-0.3, -0.25) is 4.57 Å². The lowest BCUT2D eigenvalue weighted by Crippen LogP contribution is -2.01. The summed E-state index contributed by atoms with van der Waals surface area (Å²) in [6.45, 7) is 36.4. The van der Waals surface area contributed by atoms with Gasteiger partial charge in [0.2, 0.25) is 0 Å². The second-order valence-corrected chi connectivity index (χ2v) is 37.2. The molecule has 0 unspecified atom stereocenters. The van der Waals surface area contributed by atoms with Gasteiger partial charge < -0.3 is 61.2 Å². The van der Waals surface area contributed by atoms with E-state index in [0.717, 1.165) is 249 Å². The quantitative estimate of drug-likeness (QED) is 0.0637. The van der Waals surface area contributed by atoms with Gasteiger partial charge in [-0.25, -0.2) is 34.6 Å². The number of para-hydroxylation sites is 1. The average molecular weight is 1760 g/mol. The zero-order valence-corrected chi connectivity index (χ0v) is 77.8. The number of hydrogen-bond donors (Lipinski definition) is 5. The van der Waals surface area contributed by atoms with Crippen molar-refractivity contribution in [3.05, 3.63) is 266 Å². The van der Waals surface area contributed by atoms with Crippen molar-refractivity contribution in [1.82, 2.24) is 109 Å². The van der Waals surface area contributed by atoms with Crippen LogP contribution in [0.5, 0.6) is 0 Å². The first-order valence-electron chi connectivity index (χ1n) is 46.0. The van der Waals surface area contributed by atoms with Crippen LogP contribution in [0.15, 0.2) is 156 Å². The molecular weight excluding hydrogens is 1650 g/mol. The van der Waals surface area contributed by atoms with Crippen LogP contribution in [0.2, 0.25) is 0 Å². The highest BCUT2D eigenvalue weighted by Gasteiger charge is 2.35. The van der Waals surface area contributed by atoms with Crippen LogP contribution in [0.4, 0.5) is 0 Å². The van der Waals surface area contributed by atoms with Gasteiger partial charge in [-0.2, -0.15) is 5.10 Å². The number of nitrogens with one attached hydrogen (secondary N) is 5. The summed E-state index contributed by atoms with van der Waals surface area (Å²) in [7, 11) is 0. The second kappa shape index (κ2) is 32.1. The molecule has 15 aromatic heterocycles. The number of nitrogens with zero attached hydrogens (tertiary/aromatic N) is 17. The van der Waals surface area contributed by atoms with Crippen LogP contribution in [0, 0.1) is 125 Å². The number of H-pyrrole nitrogens is 5. The van der Waals surface area contributed by atoms with E-state index in [1.165, 1.54) is 97.9 Å². The molecule has 0 atom stereocenters. The van der Waals surface area contributed by atoms with Gasteiger partial charge in [0.1, 0.15) is 91.3 Å². The number of hydrogen-bond acceptors (Lipinski definition) is 17. The minimum Gasteiger partial charge on any atom is -0.361 e. The predicted molar refractivity (Wildman–Crippen MR) is 513 cm³/mol. The van der Waals surface area contributed by atoms with Crippen molar-refractivity contribution in [2.24, 2.45) is 0 Å². The van der Waals surface area contributed by atoms with Crippen molar-refractivity contribution in [2.75, 3.05) is 0 Å². The largest absolute Gasteiger partial charge is 0.361 e. The molecule has 5 saturated carbocycles. The first-order chi connectivity index (χ1) is 63.8. The fourth-order valence-electron chi connectivity index (χ4n) is 19.6. The van der Waals surface area contributed by atoms with E-state index in [0.29, 0.717) is 29.6 Å². The van der Waals surface area contributed by atoms with Gasteiger partial charge in [-0.15, -0.1) is 0 Å². The van der Waals surface area contributed by atoms with Gasteiger partial charge in [0.25, 0.3) is 0 Å². The van der Waals surface area contributed by atoms with Crippen molar-refractivity contribution in [3.63, 3.8) is 0 Å². The summed E-state index contributed by atoms with van der Waals surface area (Å²) < 4.78 is 38.0. The average Bonchev–Trinajstić information content (AvgIpc) is 1.60. The van der Waals surface area contributed by atoms with E-state index in [1.807, 2.05) is 94.0 Å². The number of imidazole rings is 6. The van der Waals surface area contributed by atoms with Gasteiger partial charge in [-0.1, -0.05) is 44.0 Å². The normalized spacial score (nSPS) is 14.4. The Hall–Kier alpha value is -14.8. The Morgan fingerprint density at radius 1 is 0.295 bits per heavy atom. The molecular formula is C105H106N22O5. The minimum absolute atomic E-state index is 0.568. The molecule has 0 aliphatic heterocycles. The fourth-order valence-corrected chi connectivity index (χ4v) is 19.6. The fraction of sp³-hybridized carbons (Fsp3) is 0.314. The lowest BCUT2D eigenvalue weighted by Gasteiger charge is -2.12. The number of aryl methyl sites for hydroxylation is 18. The summed E-state index contributed by atoms with van der Waals surface area (Å²) in [4.78, 5) is 47.0. The Morgan fingerprint density at radius 3 is 0.947 bits per heavy atom. The molecule has 27 nitrogen and oxygen atoms in total. The molecule has 15 heterocycles. The molecule has 132 heavy (non-hydrogen) atoms. The first-order valence-corrected chi connectivity index (χ1v) is 46.0. The standard InChI is InChI=1S/C24H22N4O.C21H22N4O.2C20H21N5O.C20H20N4O/c1-13-10-17-6-4-5-7-20(17)28(13)21-12-18(22-14(2)27-29-15(22)3)11-19-23(21)26-24(25-19)16-8-9-16;1-11-5-6-12(2)25(11)18-10-16(19-13(3)24-26-14(19)4)9-17-20(18)23-21(22-17)15-7-8-15;1-10-9-21-13(4)25(10)17-8-15(18-11(2)24-26-12(18)3)7-16-19(17)23-20(22-16)14-5-6-14;1-10-7-11(2)25(23-10)17-9-15(18-12(3)24-26-13(18)4)8-16-19(17)22-20(21-16)14-5-6-14;1-11-5-4-8-24(11)17-10-15(18-12(2)23-25-13(18)3)9-16-19(17)22-20(21-16)14-6-7-14/h4-7,10-12,16H,8-9H2,1-3H3,(H,25,26);5-6,9-10,15H,7-8H2,1-4H3,(H,22,23);7-9,14H,5-6H2,1-4H3,(H,22,23);7-9,14H,5-6H2,1-4H3,(H,21,22);4-5,8-10,14H,6-7H2,1-3H3,(H,21,22). The molecule has 5 aliphatic carbocycles. The summed E-state index contributed by atoms with van der Waals surface area (Å²) in [6.07, 6.45) is 16.2. The van der Waals surface area contributed by atoms with Crippen LogP contribution < -0.4 is 0 Å². The predicted octanol–water partition coefficient (Wildman–Crippen LogP) is 24.9. The highest BCUT2D eigenvalue weighted by molar-refractivity contribution is 5.97. The van der Waals surface area contributed by atoms with E-state index in [-0.39, 0.29) is 0 Å². The number of aromatic nitrogens is 22. The Morgan fingerprint density at radius 2 is 0.629 bits per heavy atom. The van der Waals surface area contributed by atoms with Gasteiger partial charge in [0.15, 0.2) is 0 Å². The molecule has 0 amide bonds. The SMILES string of the molecule is Cc1cc(C)n(-c2cc(-c3c(C)noc3C)cc3[nH]c(C4CC4)nc23)n1.Cc1noc(C)c1-c1cc(-n2c(C)cc3ccccc32)c2nc(C3CC3)[nH]c2c1.Cc1noc(C)c1-c1cc(-n2c(C)ccc2C)c2nc(C3CC3)[nH]c2c1.Cc1noc(C)c1-c1cc(-n2c(C)cnc2C)c2nc(C3CC3)[nH]c2c1.Cc1noc(C)c1-c1cc(-n2cccc2C)c2nc(C3CC3)[nH]c2c1. The van der Waals surface area contributed by atoms with Crippen molar-refractivity contribution in [2.45, 2.75) is 218 Å². The topological polar surface area (TPSA) is 324 Å². The van der Waals surface area contributed by atoms with E-state index in [1.54, 1.807) is 0 Å². The van der Waals surface area contributed by atoms with Crippen LogP contribution in [0.3, 0.4) is 0 Å². The molecule has 6 aromatic carbocycles. The highest BCUT2D eigenvalue weighted by atomic mass is 16.5. The number of fused-ring (bicyclic) bond motifs is 6. The zero-order chi connectivity index (χ0) is 90.8. The van der Waals surface area contributed by atoms with Gasteiger partial charge in [-0.05, 0) is 320 Å². The third kappa shape index (κ3) is 15.0. The van der Waals surface area contributed by atoms with Crippen molar-refractivity contribution in [3.8, 4) is 84.1 Å². The van der Waals surface area contributed by atoms with Gasteiger partial charge in [0, 0.05) is 109 Å². The van der Waals surface area contributed by atoms with Gasteiger partial charge >= 0.3 is 0 Å². The Bertz CT molecular complexity index is 7780. The van der Waals surface area contributed by atoms with Gasteiger partial charge in [0.05, 0.1) is 95.7 Å². The second-order valence-electron chi connectivity index (χ2n) is 37.2. The summed E-state index contributed by atoms with van der Waals surface area (Å²) in [5.74, 6) is 13.5. The zero-order valence-electron chi connectivity index (χ0n) is 77.8. The molecule has 0 radical (unpaired) electrons. The molecule has 21 aromatic rings. The van der Waals surface area contributed by atoms with E-state index < -0.39 is 0 Å². The van der Waals surface area contributed by atoms with Crippen LogP contribution in [0.25, 0.3) is 150 Å². The Labute approximate surface area is 761 Å². The summed E-state index contributed by atoms with van der Waals surface area (Å²) >= 11 is 0. The molecule has 27 heteroatoms. The van der Waals surface area contributed by atoms with Crippen LogP contribution in [-0.2, 0) is 0 Å². The van der Waals surface area contributed by atoms with Crippen LogP contribution in [0.1, 0.15) is 226 Å². The van der Waals surface area contributed by atoms with E-state index in [9.17, 15) is 0 Å². The molecule has 5 fully saturated rings. The van der Waals surface area contributed by atoms with Crippen LogP contribution >= 0.6 is 0 Å². The molecule has 0 spiro atoms. The molecule has 5 N–H and O–H groups in total. The summed E-state index contributed by atoms with van der Waals surface area (Å²) in [5, 5.41) is 26.6.